The van der Waals surface area contributed by atoms with Gasteiger partial charge in [0.05, 0.1) is 12.1 Å². The van der Waals surface area contributed by atoms with Crippen molar-refractivity contribution in [1.82, 2.24) is 15.8 Å². The number of nitrogens with zero attached hydrogens (tertiary/aromatic N) is 1. The minimum absolute atomic E-state index is 0.0715. The van der Waals surface area contributed by atoms with E-state index in [9.17, 15) is 19.4 Å². The van der Waals surface area contributed by atoms with Crippen LogP contribution in [0.2, 0.25) is 0 Å². The fourth-order valence-corrected chi connectivity index (χ4v) is 4.75. The van der Waals surface area contributed by atoms with E-state index in [2.05, 4.69) is 10.9 Å². The Morgan fingerprint density at radius 2 is 1.55 bits per heavy atom. The average Bonchev–Trinajstić information content (AvgIpc) is 3.30. The molecule has 2 fully saturated rings. The first-order valence-electron chi connectivity index (χ1n) is 10.2. The lowest BCUT2D eigenvalue weighted by Gasteiger charge is -2.31. The lowest BCUT2D eigenvalue weighted by molar-refractivity contribution is -0.131. The summed E-state index contributed by atoms with van der Waals surface area (Å²) in [5.41, 5.74) is 8.73. The van der Waals surface area contributed by atoms with Crippen LogP contribution in [0.15, 0.2) is 72.8 Å². The Morgan fingerprint density at radius 3 is 2.26 bits per heavy atom. The van der Waals surface area contributed by atoms with Gasteiger partial charge in [-0.15, -0.1) is 0 Å². The molecule has 6 nitrogen and oxygen atoms in total. The molecule has 0 aromatic heterocycles. The number of rotatable bonds is 4. The number of carbonyl (C=O) groups is 1. The maximum absolute atomic E-state index is 13.4. The topological polar surface area (TPSA) is 84.8 Å². The van der Waals surface area contributed by atoms with E-state index >= 15 is 0 Å². The maximum Gasteiger partial charge on any atom is 0.242 e. The maximum atomic E-state index is 13.4. The second-order valence-corrected chi connectivity index (χ2v) is 8.01. The van der Waals surface area contributed by atoms with Crippen molar-refractivity contribution in [3.8, 4) is 11.5 Å². The molecule has 0 aliphatic carbocycles. The molecule has 1 amide bonds. The third-order valence-electron chi connectivity index (χ3n) is 6.19. The molecule has 4 atom stereocenters. The molecule has 4 N–H and O–H groups in total. The Kier molecular flexibility index (Phi) is 4.84. The van der Waals surface area contributed by atoms with Gasteiger partial charge in [-0.2, -0.15) is 0 Å². The number of hydrazine groups is 1. The number of phenolic OH excluding ortho intramolecular Hbond substituents is 2. The second-order valence-electron chi connectivity index (χ2n) is 8.01. The number of phenols is 2. The molecule has 0 spiro atoms. The molecule has 2 aliphatic heterocycles. The van der Waals surface area contributed by atoms with Gasteiger partial charge in [-0.05, 0) is 41.5 Å². The predicted molar refractivity (Wildman–Crippen MR) is 112 cm³/mol. The summed E-state index contributed by atoms with van der Waals surface area (Å²) in [6.07, 6.45) is 0. The molecule has 158 valence electrons. The van der Waals surface area contributed by atoms with Crippen molar-refractivity contribution < 1.29 is 19.4 Å². The summed E-state index contributed by atoms with van der Waals surface area (Å²) < 4.78 is 13.4. The van der Waals surface area contributed by atoms with Crippen molar-refractivity contribution in [1.29, 1.82) is 0 Å². The van der Waals surface area contributed by atoms with E-state index in [0.29, 0.717) is 12.1 Å². The number of fused-ring (bicyclic) bond motifs is 1. The average molecular weight is 419 g/mol. The third kappa shape index (κ3) is 3.41. The monoisotopic (exact) mass is 419 g/mol. The Hall–Kier alpha value is -3.42. The number of benzene rings is 3. The van der Waals surface area contributed by atoms with Crippen LogP contribution in [0.5, 0.6) is 11.5 Å². The van der Waals surface area contributed by atoms with Crippen LogP contribution in [0.1, 0.15) is 28.8 Å². The first-order valence-corrected chi connectivity index (χ1v) is 10.2. The van der Waals surface area contributed by atoms with Crippen molar-refractivity contribution in [3.63, 3.8) is 0 Å². The highest BCUT2D eigenvalue weighted by molar-refractivity contribution is 5.86. The van der Waals surface area contributed by atoms with Crippen LogP contribution < -0.4 is 10.9 Å². The molecule has 3 aromatic carbocycles. The van der Waals surface area contributed by atoms with Crippen LogP contribution in [0.25, 0.3) is 0 Å². The van der Waals surface area contributed by atoms with Crippen molar-refractivity contribution in [2.45, 2.75) is 24.7 Å². The van der Waals surface area contributed by atoms with Crippen molar-refractivity contribution in [2.24, 2.45) is 5.92 Å². The lowest BCUT2D eigenvalue weighted by Crippen LogP contribution is -2.41. The van der Waals surface area contributed by atoms with Gasteiger partial charge < -0.3 is 15.1 Å². The number of carbonyl (C=O) groups excluding carboxylic acids is 1. The molecule has 2 heterocycles. The molecule has 4 unspecified atom stereocenters. The SMILES string of the molecule is O=C1C2NNC(c3ccccc3O)C2C(c2ccc(O)cc2)N1Cc1ccc(F)cc1. The first kappa shape index (κ1) is 19.5. The van der Waals surface area contributed by atoms with Crippen molar-refractivity contribution in [3.05, 3.63) is 95.3 Å². The highest BCUT2D eigenvalue weighted by atomic mass is 19.1. The summed E-state index contributed by atoms with van der Waals surface area (Å²) in [6, 6.07) is 19.0. The highest BCUT2D eigenvalue weighted by Crippen LogP contribution is 2.49. The van der Waals surface area contributed by atoms with Gasteiger partial charge in [0.1, 0.15) is 23.4 Å². The van der Waals surface area contributed by atoms with E-state index in [-0.39, 0.29) is 41.2 Å². The van der Waals surface area contributed by atoms with Gasteiger partial charge in [0.25, 0.3) is 0 Å². The van der Waals surface area contributed by atoms with Crippen molar-refractivity contribution in [2.75, 3.05) is 0 Å². The van der Waals surface area contributed by atoms with Gasteiger partial charge in [0, 0.05) is 18.0 Å². The smallest absolute Gasteiger partial charge is 0.242 e. The van der Waals surface area contributed by atoms with Gasteiger partial charge in [-0.25, -0.2) is 15.2 Å². The molecular weight excluding hydrogens is 397 g/mol. The molecule has 31 heavy (non-hydrogen) atoms. The molecule has 2 saturated heterocycles. The number of hydrogen-bond acceptors (Lipinski definition) is 5. The number of halogens is 1. The number of likely N-dealkylation sites (tertiary alicyclic amines) is 1. The number of para-hydroxylation sites is 1. The van der Waals surface area contributed by atoms with Gasteiger partial charge in [0.2, 0.25) is 5.91 Å². The third-order valence-corrected chi connectivity index (χ3v) is 6.19. The summed E-state index contributed by atoms with van der Waals surface area (Å²) in [5.74, 6) is -0.288. The molecule has 7 heteroatoms. The van der Waals surface area contributed by atoms with Crippen LogP contribution in [-0.2, 0) is 11.3 Å². The van der Waals surface area contributed by atoms with Crippen LogP contribution in [-0.4, -0.2) is 27.1 Å². The molecule has 0 saturated carbocycles. The summed E-state index contributed by atoms with van der Waals surface area (Å²) in [4.78, 5) is 15.2. The van der Waals surface area contributed by atoms with E-state index < -0.39 is 6.04 Å². The summed E-state index contributed by atoms with van der Waals surface area (Å²) in [6.45, 7) is 0.326. The summed E-state index contributed by atoms with van der Waals surface area (Å²) in [7, 11) is 0. The number of nitrogens with one attached hydrogen (secondary N) is 2. The van der Waals surface area contributed by atoms with Crippen LogP contribution in [0.3, 0.4) is 0 Å². The number of amides is 1. The van der Waals surface area contributed by atoms with Gasteiger partial charge >= 0.3 is 0 Å². The minimum Gasteiger partial charge on any atom is -0.508 e. The molecular formula is C24H22FN3O3. The quantitative estimate of drug-likeness (QED) is 0.522. The van der Waals surface area contributed by atoms with E-state index in [1.807, 2.05) is 24.3 Å². The molecule has 0 radical (unpaired) electrons. The van der Waals surface area contributed by atoms with Gasteiger partial charge in [-0.1, -0.05) is 42.5 Å². The largest absolute Gasteiger partial charge is 0.508 e. The van der Waals surface area contributed by atoms with Gasteiger partial charge in [-0.3, -0.25) is 4.79 Å². The van der Waals surface area contributed by atoms with E-state index in [4.69, 9.17) is 0 Å². The second kappa shape index (κ2) is 7.68. The first-order chi connectivity index (χ1) is 15.0. The zero-order valence-corrected chi connectivity index (χ0v) is 16.6. The number of aromatic hydroxyl groups is 2. The minimum atomic E-state index is -0.483. The molecule has 0 bridgehead atoms. The van der Waals surface area contributed by atoms with Crippen LogP contribution >= 0.6 is 0 Å². The van der Waals surface area contributed by atoms with Gasteiger partial charge in [0.15, 0.2) is 0 Å². The zero-order chi connectivity index (χ0) is 21.5. The Bertz CT molecular complexity index is 1100. The van der Waals surface area contributed by atoms with Crippen molar-refractivity contribution >= 4 is 5.91 Å². The Labute approximate surface area is 178 Å². The Morgan fingerprint density at radius 1 is 0.871 bits per heavy atom. The molecule has 2 aliphatic rings. The van der Waals surface area contributed by atoms with E-state index in [0.717, 1.165) is 11.1 Å². The fraction of sp³-hybridized carbons (Fsp3) is 0.208. The lowest BCUT2D eigenvalue weighted by atomic mass is 9.83. The summed E-state index contributed by atoms with van der Waals surface area (Å²) >= 11 is 0. The predicted octanol–water partition coefficient (Wildman–Crippen LogP) is 3.15. The van der Waals surface area contributed by atoms with E-state index in [1.165, 1.54) is 12.1 Å². The van der Waals surface area contributed by atoms with E-state index in [1.54, 1.807) is 41.3 Å². The number of hydrogen-bond donors (Lipinski definition) is 4. The standard InChI is InChI=1S/C24H22FN3O3/c25-16-9-5-14(6-10-16)13-28-23(15-7-11-17(29)12-8-15)20-21(26-27-22(20)24(28)31)18-3-1-2-4-19(18)30/h1-12,20-23,26-27,29-30H,13H2. The summed E-state index contributed by atoms with van der Waals surface area (Å²) in [5, 5.41) is 20.2. The fourth-order valence-electron chi connectivity index (χ4n) is 4.75. The highest BCUT2D eigenvalue weighted by Gasteiger charge is 2.55. The van der Waals surface area contributed by atoms with Crippen LogP contribution in [0, 0.1) is 11.7 Å². The molecule has 5 rings (SSSR count). The molecule has 3 aromatic rings. The normalized spacial score (nSPS) is 25.1. The Balaban J connectivity index is 1.57. The van der Waals surface area contributed by atoms with Crippen LogP contribution in [0.4, 0.5) is 4.39 Å². The zero-order valence-electron chi connectivity index (χ0n) is 16.6.